The summed E-state index contributed by atoms with van der Waals surface area (Å²) in [4.78, 5) is 9.94. The molecule has 2 nitrogen and oxygen atoms in total. The monoisotopic (exact) mass is 242 g/mol. The molecule has 1 aliphatic carbocycles. The molecule has 17 heavy (non-hydrogen) atoms. The summed E-state index contributed by atoms with van der Waals surface area (Å²) in [6.45, 7) is 6.21. The Morgan fingerprint density at radius 1 is 1.35 bits per heavy atom. The summed E-state index contributed by atoms with van der Waals surface area (Å²) in [5.74, 6) is 0. The van der Waals surface area contributed by atoms with Gasteiger partial charge in [0.25, 0.3) is 0 Å². The maximum Gasteiger partial charge on any atom is 0.0797 e. The Labute approximate surface area is 105 Å². The fourth-order valence-corrected chi connectivity index (χ4v) is 3.17. The molecular weight excluding hydrogens is 228 g/mol. The van der Waals surface area contributed by atoms with Crippen LogP contribution in [0.5, 0.6) is 0 Å². The van der Waals surface area contributed by atoms with E-state index in [-0.39, 0.29) is 0 Å². The molecule has 0 aliphatic heterocycles. The molecular formula is C14H14N2S. The van der Waals surface area contributed by atoms with E-state index in [0.717, 1.165) is 18.4 Å². The third kappa shape index (κ3) is 1.71. The average molecular weight is 242 g/mol. The summed E-state index contributed by atoms with van der Waals surface area (Å²) >= 11 is 1.66. The van der Waals surface area contributed by atoms with Crippen molar-refractivity contribution < 1.29 is 0 Å². The lowest BCUT2D eigenvalue weighted by atomic mass is 9.96. The first-order chi connectivity index (χ1) is 8.27. The minimum absolute atomic E-state index is 1.11. The van der Waals surface area contributed by atoms with E-state index >= 15 is 0 Å². The van der Waals surface area contributed by atoms with Crippen LogP contribution in [0.3, 0.4) is 0 Å². The Bertz CT molecular complexity index is 570. The minimum Gasteiger partial charge on any atom is -0.260 e. The summed E-state index contributed by atoms with van der Waals surface area (Å²) in [6, 6.07) is 0. The van der Waals surface area contributed by atoms with Crippen molar-refractivity contribution in [2.75, 3.05) is 0 Å². The normalized spacial score (nSPS) is 13.7. The fraction of sp³-hybridized carbons (Fsp3) is 0.286. The smallest absolute Gasteiger partial charge is 0.0797 e. The van der Waals surface area contributed by atoms with Gasteiger partial charge in [0.2, 0.25) is 0 Å². The van der Waals surface area contributed by atoms with Crippen LogP contribution in [0.25, 0.3) is 16.0 Å². The lowest BCUT2D eigenvalue weighted by Gasteiger charge is -2.12. The Hall–Kier alpha value is -1.48. The average Bonchev–Trinajstić information content (AvgIpc) is 2.98. The molecule has 0 saturated heterocycles. The van der Waals surface area contributed by atoms with E-state index < -0.39 is 0 Å². The number of aromatic nitrogens is 2. The second kappa shape index (κ2) is 4.08. The van der Waals surface area contributed by atoms with Gasteiger partial charge in [-0.1, -0.05) is 12.2 Å². The molecule has 0 fully saturated rings. The molecule has 3 heteroatoms. The van der Waals surface area contributed by atoms with Crippen molar-refractivity contribution in [3.05, 3.63) is 41.3 Å². The third-order valence-electron chi connectivity index (χ3n) is 3.23. The van der Waals surface area contributed by atoms with Crippen LogP contribution in [0.15, 0.2) is 24.5 Å². The van der Waals surface area contributed by atoms with Gasteiger partial charge in [0.15, 0.2) is 0 Å². The van der Waals surface area contributed by atoms with Gasteiger partial charge in [-0.3, -0.25) is 9.97 Å². The molecule has 0 amide bonds. The number of pyridine rings is 1. The van der Waals surface area contributed by atoms with Crippen molar-refractivity contribution in [2.24, 2.45) is 0 Å². The van der Waals surface area contributed by atoms with E-state index in [1.54, 1.807) is 11.3 Å². The number of rotatable bonds is 2. The highest BCUT2D eigenvalue weighted by Crippen LogP contribution is 2.36. The molecule has 0 radical (unpaired) electrons. The molecule has 3 rings (SSSR count). The van der Waals surface area contributed by atoms with Crippen molar-refractivity contribution in [3.8, 4) is 10.4 Å². The fourth-order valence-electron chi connectivity index (χ4n) is 2.53. The third-order valence-corrected chi connectivity index (χ3v) is 4.04. The van der Waals surface area contributed by atoms with Gasteiger partial charge < -0.3 is 0 Å². The molecule has 1 aliphatic rings. The Morgan fingerprint density at radius 3 is 2.94 bits per heavy atom. The standard InChI is InChI=1S/C14H14N2S/c1-9(2)14-10-4-3-5-12(10)16-6-11(14)13-7-15-8-17-13/h6-8H,1,3-5H2,2H3. The second-order valence-corrected chi connectivity index (χ2v) is 5.36. The number of nitrogens with zero attached hydrogens (tertiary/aromatic N) is 2. The zero-order valence-electron chi connectivity index (χ0n) is 9.86. The lowest BCUT2D eigenvalue weighted by Crippen LogP contribution is -1.97. The Balaban J connectivity index is 2.26. The van der Waals surface area contributed by atoms with Crippen molar-refractivity contribution in [1.29, 1.82) is 0 Å². The molecule has 0 N–H and O–H groups in total. The van der Waals surface area contributed by atoms with E-state index in [4.69, 9.17) is 0 Å². The van der Waals surface area contributed by atoms with Gasteiger partial charge in [0.1, 0.15) is 0 Å². The molecule has 0 bridgehead atoms. The Kier molecular flexibility index (Phi) is 2.56. The molecule has 0 unspecified atom stereocenters. The van der Waals surface area contributed by atoms with E-state index in [1.165, 1.54) is 33.7 Å². The molecule has 86 valence electrons. The van der Waals surface area contributed by atoms with Gasteiger partial charge in [-0.25, -0.2) is 0 Å². The number of aryl methyl sites for hydroxylation is 1. The van der Waals surface area contributed by atoms with E-state index in [0.29, 0.717) is 0 Å². The summed E-state index contributed by atoms with van der Waals surface area (Å²) in [5.41, 5.74) is 8.16. The van der Waals surface area contributed by atoms with Gasteiger partial charge in [0.05, 0.1) is 10.4 Å². The Morgan fingerprint density at radius 2 is 2.24 bits per heavy atom. The zero-order chi connectivity index (χ0) is 11.8. The van der Waals surface area contributed by atoms with Gasteiger partial charge in [-0.2, -0.15) is 0 Å². The second-order valence-electron chi connectivity index (χ2n) is 4.47. The van der Waals surface area contributed by atoms with E-state index in [1.807, 2.05) is 17.9 Å². The van der Waals surface area contributed by atoms with Crippen LogP contribution >= 0.6 is 11.3 Å². The van der Waals surface area contributed by atoms with E-state index in [2.05, 4.69) is 23.5 Å². The highest BCUT2D eigenvalue weighted by molar-refractivity contribution is 7.13. The molecule has 0 atom stereocenters. The molecule has 0 saturated carbocycles. The number of fused-ring (bicyclic) bond motifs is 1. The molecule has 2 aromatic rings. The first-order valence-corrected chi connectivity index (χ1v) is 6.71. The first-order valence-electron chi connectivity index (χ1n) is 5.83. The number of allylic oxidation sites excluding steroid dienone is 1. The molecule has 0 aromatic carbocycles. The van der Waals surface area contributed by atoms with Crippen LogP contribution in [0.1, 0.15) is 30.2 Å². The predicted octanol–water partition coefficient (Wildman–Crippen LogP) is 3.73. The van der Waals surface area contributed by atoms with Crippen LogP contribution in [0.4, 0.5) is 0 Å². The van der Waals surface area contributed by atoms with E-state index in [9.17, 15) is 0 Å². The molecule has 2 aromatic heterocycles. The SMILES string of the molecule is C=C(C)c1c(-c2cncs2)cnc2c1CCC2. The van der Waals surface area contributed by atoms with Crippen LogP contribution in [0.2, 0.25) is 0 Å². The minimum atomic E-state index is 1.11. The largest absolute Gasteiger partial charge is 0.260 e. The van der Waals surface area contributed by atoms with Gasteiger partial charge in [-0.15, -0.1) is 11.3 Å². The summed E-state index contributed by atoms with van der Waals surface area (Å²) < 4.78 is 0. The summed E-state index contributed by atoms with van der Waals surface area (Å²) in [6.07, 6.45) is 7.36. The highest BCUT2D eigenvalue weighted by Gasteiger charge is 2.20. The lowest BCUT2D eigenvalue weighted by molar-refractivity contribution is 0.899. The molecule has 2 heterocycles. The molecule has 0 spiro atoms. The highest BCUT2D eigenvalue weighted by atomic mass is 32.1. The zero-order valence-corrected chi connectivity index (χ0v) is 10.7. The van der Waals surface area contributed by atoms with Crippen molar-refractivity contribution in [2.45, 2.75) is 26.2 Å². The maximum absolute atomic E-state index is 4.60. The summed E-state index contributed by atoms with van der Waals surface area (Å²) in [5, 5.41) is 0. The topological polar surface area (TPSA) is 25.8 Å². The number of hydrogen-bond donors (Lipinski definition) is 0. The van der Waals surface area contributed by atoms with Gasteiger partial charge >= 0.3 is 0 Å². The quantitative estimate of drug-likeness (QED) is 0.802. The van der Waals surface area contributed by atoms with Gasteiger partial charge in [-0.05, 0) is 37.3 Å². The summed E-state index contributed by atoms with van der Waals surface area (Å²) in [7, 11) is 0. The van der Waals surface area contributed by atoms with Crippen LogP contribution in [-0.2, 0) is 12.8 Å². The van der Waals surface area contributed by atoms with Crippen LogP contribution < -0.4 is 0 Å². The van der Waals surface area contributed by atoms with Crippen molar-refractivity contribution in [1.82, 2.24) is 9.97 Å². The van der Waals surface area contributed by atoms with Gasteiger partial charge in [0, 0.05) is 23.7 Å². The van der Waals surface area contributed by atoms with Crippen molar-refractivity contribution >= 4 is 16.9 Å². The number of hydrogen-bond acceptors (Lipinski definition) is 3. The van der Waals surface area contributed by atoms with Crippen molar-refractivity contribution in [3.63, 3.8) is 0 Å². The maximum atomic E-state index is 4.60. The predicted molar refractivity (Wildman–Crippen MR) is 72.1 cm³/mol. The number of thiazole rings is 1. The van der Waals surface area contributed by atoms with Crippen LogP contribution in [0, 0.1) is 0 Å². The first kappa shape index (κ1) is 10.7. The van der Waals surface area contributed by atoms with Crippen LogP contribution in [-0.4, -0.2) is 9.97 Å².